The lowest BCUT2D eigenvalue weighted by Gasteiger charge is -2.26. The Kier molecular flexibility index (Phi) is 6.67. The number of rotatable bonds is 8. The van der Waals surface area contributed by atoms with E-state index in [-0.39, 0.29) is 17.3 Å². The highest BCUT2D eigenvalue weighted by atomic mass is 16.6. The van der Waals surface area contributed by atoms with Crippen LogP contribution < -0.4 is 15.9 Å². The first-order valence-electron chi connectivity index (χ1n) is 10.1. The zero-order valence-corrected chi connectivity index (χ0v) is 17.5. The van der Waals surface area contributed by atoms with E-state index in [1.54, 1.807) is 0 Å². The number of aromatic nitrogens is 5. The van der Waals surface area contributed by atoms with Gasteiger partial charge < -0.3 is 15.2 Å². The molecule has 168 valence electrons. The van der Waals surface area contributed by atoms with Crippen molar-refractivity contribution in [2.24, 2.45) is 5.10 Å². The Balaban J connectivity index is 1.56. The Labute approximate surface area is 183 Å². The third kappa shape index (κ3) is 4.73. The molecule has 2 aromatic heterocycles. The van der Waals surface area contributed by atoms with Gasteiger partial charge in [0, 0.05) is 25.2 Å². The highest BCUT2D eigenvalue weighted by Crippen LogP contribution is 2.18. The number of hydrazone groups is 1. The Morgan fingerprint density at radius 1 is 1.31 bits per heavy atom. The van der Waals surface area contributed by atoms with Crippen molar-refractivity contribution in [1.82, 2.24) is 35.6 Å². The molecule has 1 fully saturated rings. The molecule has 4 rings (SSSR count). The summed E-state index contributed by atoms with van der Waals surface area (Å²) in [6.45, 7) is 5.39. The minimum atomic E-state index is -0.528. The smallest absolute Gasteiger partial charge is 0.293 e. The Bertz CT molecular complexity index is 1090. The largest absolute Gasteiger partial charge is 0.493 e. The van der Waals surface area contributed by atoms with Crippen molar-refractivity contribution >= 4 is 17.9 Å². The Hall–Kier alpha value is -3.84. The summed E-state index contributed by atoms with van der Waals surface area (Å²) in [5, 5.41) is 19.5. The molecular weight excluding hydrogens is 418 g/mol. The number of hydrogen-bond donors (Lipinski definition) is 2. The maximum Gasteiger partial charge on any atom is 0.293 e. The van der Waals surface area contributed by atoms with E-state index >= 15 is 0 Å². The van der Waals surface area contributed by atoms with Crippen LogP contribution in [0.1, 0.15) is 28.7 Å². The molecule has 13 nitrogen and oxygen atoms in total. The summed E-state index contributed by atoms with van der Waals surface area (Å²) in [4.78, 5) is 15.0. The van der Waals surface area contributed by atoms with Gasteiger partial charge in [0.15, 0.2) is 5.69 Å². The molecule has 13 heteroatoms. The van der Waals surface area contributed by atoms with Crippen molar-refractivity contribution in [2.45, 2.75) is 13.5 Å². The summed E-state index contributed by atoms with van der Waals surface area (Å²) in [6.07, 6.45) is 1.51. The van der Waals surface area contributed by atoms with Crippen LogP contribution in [0.3, 0.4) is 0 Å². The first-order valence-corrected chi connectivity index (χ1v) is 10.1. The van der Waals surface area contributed by atoms with Gasteiger partial charge in [-0.05, 0) is 29.4 Å². The first-order chi connectivity index (χ1) is 15.7. The van der Waals surface area contributed by atoms with Gasteiger partial charge in [0.05, 0.1) is 31.7 Å². The minimum Gasteiger partial charge on any atom is -0.493 e. The number of amides is 1. The molecule has 1 aliphatic heterocycles. The van der Waals surface area contributed by atoms with E-state index in [1.165, 1.54) is 10.9 Å². The van der Waals surface area contributed by atoms with Gasteiger partial charge in [-0.1, -0.05) is 17.3 Å². The third-order valence-corrected chi connectivity index (χ3v) is 4.74. The quantitative estimate of drug-likeness (QED) is 0.366. The van der Waals surface area contributed by atoms with Crippen molar-refractivity contribution in [1.29, 1.82) is 0 Å². The van der Waals surface area contributed by atoms with Gasteiger partial charge in [-0.25, -0.2) is 10.1 Å². The number of hydrogen-bond acceptors (Lipinski definition) is 11. The van der Waals surface area contributed by atoms with Crippen LogP contribution in [-0.4, -0.2) is 75.2 Å². The van der Waals surface area contributed by atoms with Gasteiger partial charge in [-0.2, -0.15) is 9.78 Å². The summed E-state index contributed by atoms with van der Waals surface area (Å²) in [5.41, 5.74) is 9.62. The topological polar surface area (TPSA) is 159 Å². The predicted molar refractivity (Wildman–Crippen MR) is 112 cm³/mol. The van der Waals surface area contributed by atoms with Gasteiger partial charge in [0.1, 0.15) is 5.75 Å². The zero-order chi connectivity index (χ0) is 22.3. The van der Waals surface area contributed by atoms with Crippen LogP contribution in [0, 0.1) is 0 Å². The summed E-state index contributed by atoms with van der Waals surface area (Å²) in [6, 6.07) is 7.38. The van der Waals surface area contributed by atoms with Gasteiger partial charge >= 0.3 is 0 Å². The van der Waals surface area contributed by atoms with E-state index in [9.17, 15) is 4.79 Å². The van der Waals surface area contributed by atoms with Crippen molar-refractivity contribution < 1.29 is 18.9 Å². The number of benzene rings is 1. The Morgan fingerprint density at radius 3 is 2.88 bits per heavy atom. The molecule has 1 saturated heterocycles. The number of nitrogen functional groups attached to an aromatic ring is 1. The maximum atomic E-state index is 12.9. The molecule has 3 aromatic rings. The van der Waals surface area contributed by atoms with Crippen molar-refractivity contribution in [3.63, 3.8) is 0 Å². The van der Waals surface area contributed by atoms with Crippen LogP contribution in [0.2, 0.25) is 0 Å². The second-order valence-corrected chi connectivity index (χ2v) is 6.83. The average molecular weight is 441 g/mol. The van der Waals surface area contributed by atoms with Crippen LogP contribution in [-0.2, 0) is 11.3 Å². The molecule has 0 radical (unpaired) electrons. The number of morpholine rings is 1. The van der Waals surface area contributed by atoms with E-state index in [2.05, 4.69) is 40.7 Å². The van der Waals surface area contributed by atoms with Gasteiger partial charge in [-0.15, -0.1) is 5.10 Å². The fourth-order valence-electron chi connectivity index (χ4n) is 3.19. The molecule has 0 unspecified atom stereocenters. The lowest BCUT2D eigenvalue weighted by Crippen LogP contribution is -2.37. The molecule has 0 spiro atoms. The maximum absolute atomic E-state index is 12.9. The molecule has 1 aliphatic rings. The average Bonchev–Trinajstić information content (AvgIpc) is 3.41. The van der Waals surface area contributed by atoms with E-state index in [1.807, 2.05) is 31.2 Å². The molecule has 0 atom stereocenters. The monoisotopic (exact) mass is 441 g/mol. The van der Waals surface area contributed by atoms with Crippen molar-refractivity contribution in [3.8, 4) is 11.6 Å². The second-order valence-electron chi connectivity index (χ2n) is 6.83. The molecule has 0 saturated carbocycles. The normalized spacial score (nSPS) is 14.7. The number of carbonyl (C=O) groups excluding carboxylic acids is 1. The SMILES string of the molecule is CCOc1ccccc1/C=N\NC(=O)c1nnn(-c2nonc2N)c1CN1CCOCC1. The molecule has 1 aromatic carbocycles. The van der Waals surface area contributed by atoms with Crippen LogP contribution in [0.15, 0.2) is 34.0 Å². The zero-order valence-electron chi connectivity index (χ0n) is 17.5. The second kappa shape index (κ2) is 9.98. The molecular formula is C19H23N9O4. The van der Waals surface area contributed by atoms with Crippen molar-refractivity contribution in [2.75, 3.05) is 38.6 Å². The first kappa shape index (κ1) is 21.4. The number of nitrogens with two attached hydrogens (primary N) is 1. The van der Waals surface area contributed by atoms with Gasteiger partial charge in [0.2, 0.25) is 11.6 Å². The summed E-state index contributed by atoms with van der Waals surface area (Å²) in [5.74, 6) is 0.338. The van der Waals surface area contributed by atoms with E-state index < -0.39 is 5.91 Å². The van der Waals surface area contributed by atoms with Crippen LogP contribution >= 0.6 is 0 Å². The standard InChI is InChI=1S/C19H23N9O4/c1-2-31-15-6-4-3-5-13(15)11-21-23-19(29)16-14(12-27-7-9-30-10-8-27)28(26-22-16)18-17(20)24-32-25-18/h3-6,11H,2,7-10,12H2,1H3,(H2,20,24)(H,23,29)/b21-11-. The number of para-hydroxylation sites is 1. The van der Waals surface area contributed by atoms with Gasteiger partial charge in [-0.3, -0.25) is 9.69 Å². The van der Waals surface area contributed by atoms with Crippen LogP contribution in [0.25, 0.3) is 5.82 Å². The predicted octanol–water partition coefficient (Wildman–Crippen LogP) is 0.227. The third-order valence-electron chi connectivity index (χ3n) is 4.74. The number of nitrogens with zero attached hydrogens (tertiary/aromatic N) is 7. The molecule has 32 heavy (non-hydrogen) atoms. The fraction of sp³-hybridized carbons (Fsp3) is 0.368. The van der Waals surface area contributed by atoms with Gasteiger partial charge in [0.25, 0.3) is 5.91 Å². The van der Waals surface area contributed by atoms with Crippen LogP contribution in [0.5, 0.6) is 5.75 Å². The number of ether oxygens (including phenoxy) is 2. The van der Waals surface area contributed by atoms with E-state index in [0.717, 1.165) is 5.56 Å². The van der Waals surface area contributed by atoms with Crippen LogP contribution in [0.4, 0.5) is 5.82 Å². The highest BCUT2D eigenvalue weighted by Gasteiger charge is 2.26. The molecule has 0 aliphatic carbocycles. The van der Waals surface area contributed by atoms with E-state index in [0.29, 0.717) is 50.9 Å². The number of anilines is 1. The highest BCUT2D eigenvalue weighted by molar-refractivity contribution is 5.94. The fourth-order valence-corrected chi connectivity index (χ4v) is 3.19. The molecule has 0 bridgehead atoms. The summed E-state index contributed by atoms with van der Waals surface area (Å²) < 4.78 is 17.0. The van der Waals surface area contributed by atoms with Crippen molar-refractivity contribution in [3.05, 3.63) is 41.2 Å². The minimum absolute atomic E-state index is 0.0376. The lowest BCUT2D eigenvalue weighted by molar-refractivity contribution is 0.0332. The Morgan fingerprint density at radius 2 is 2.12 bits per heavy atom. The molecule has 3 heterocycles. The summed E-state index contributed by atoms with van der Waals surface area (Å²) in [7, 11) is 0. The van der Waals surface area contributed by atoms with E-state index in [4.69, 9.17) is 15.2 Å². The molecule has 3 N–H and O–H groups in total. The summed E-state index contributed by atoms with van der Waals surface area (Å²) >= 11 is 0. The number of carbonyl (C=O) groups is 1. The number of nitrogens with one attached hydrogen (secondary N) is 1. The molecule has 1 amide bonds. The lowest BCUT2D eigenvalue weighted by atomic mass is 10.2.